The van der Waals surface area contributed by atoms with Crippen molar-refractivity contribution < 1.29 is 4.43 Å². The Bertz CT molecular complexity index is 670. The molecule has 0 saturated heterocycles. The van der Waals surface area contributed by atoms with Crippen molar-refractivity contribution in [3.05, 3.63) is 66.2 Å². The summed E-state index contributed by atoms with van der Waals surface area (Å²) in [6.45, 7) is 15.1. The van der Waals surface area contributed by atoms with E-state index < -0.39 is 8.32 Å². The highest BCUT2D eigenvalue weighted by Gasteiger charge is 2.23. The zero-order valence-corrected chi connectivity index (χ0v) is 16.6. The fourth-order valence-electron chi connectivity index (χ4n) is 2.82. The van der Waals surface area contributed by atoms with Gasteiger partial charge in [0.05, 0.1) is 0 Å². The van der Waals surface area contributed by atoms with Crippen LogP contribution in [0.2, 0.25) is 13.1 Å². The van der Waals surface area contributed by atoms with E-state index in [4.69, 9.17) is 4.43 Å². The minimum atomic E-state index is -1.75. The summed E-state index contributed by atoms with van der Waals surface area (Å²) >= 11 is 0. The molecular weight excluding hydrogens is 310 g/mol. The first-order chi connectivity index (χ1) is 11.4. The summed E-state index contributed by atoms with van der Waals surface area (Å²) in [6.07, 6.45) is 0. The molecule has 0 amide bonds. The van der Waals surface area contributed by atoms with Crippen LogP contribution in [0, 0.1) is 0 Å². The maximum atomic E-state index is 5.68. The molecule has 2 rings (SSSR count). The lowest BCUT2D eigenvalue weighted by Gasteiger charge is -2.22. The molecule has 0 aromatic heterocycles. The van der Waals surface area contributed by atoms with E-state index in [9.17, 15) is 0 Å². The molecule has 0 saturated carbocycles. The first-order valence-corrected chi connectivity index (χ1v) is 11.5. The van der Waals surface area contributed by atoms with Crippen molar-refractivity contribution in [3.8, 4) is 0 Å². The molecule has 0 N–H and O–H groups in total. The van der Waals surface area contributed by atoms with E-state index in [1.54, 1.807) is 7.11 Å². The van der Waals surface area contributed by atoms with Crippen LogP contribution in [0.25, 0.3) is 5.57 Å². The van der Waals surface area contributed by atoms with E-state index >= 15 is 0 Å². The predicted molar refractivity (Wildman–Crippen MR) is 109 cm³/mol. The number of hydrogen-bond donors (Lipinski definition) is 0. The van der Waals surface area contributed by atoms with Gasteiger partial charge in [0, 0.05) is 25.9 Å². The molecule has 3 heteroatoms. The van der Waals surface area contributed by atoms with Gasteiger partial charge >= 0.3 is 0 Å². The lowest BCUT2D eigenvalue weighted by Crippen LogP contribution is -2.43. The Labute approximate surface area is 147 Å². The molecule has 2 aromatic rings. The van der Waals surface area contributed by atoms with E-state index in [-0.39, 0.29) is 0 Å². The van der Waals surface area contributed by atoms with Gasteiger partial charge in [0.15, 0.2) is 0 Å². The van der Waals surface area contributed by atoms with Gasteiger partial charge in [-0.15, -0.1) is 0 Å². The minimum Gasteiger partial charge on any atom is -0.416 e. The van der Waals surface area contributed by atoms with Gasteiger partial charge in [-0.05, 0) is 61.0 Å². The van der Waals surface area contributed by atoms with Gasteiger partial charge in [0.1, 0.15) is 0 Å². The van der Waals surface area contributed by atoms with E-state index in [0.717, 1.165) is 24.2 Å². The van der Waals surface area contributed by atoms with Crippen LogP contribution in [0.3, 0.4) is 0 Å². The highest BCUT2D eigenvalue weighted by Crippen LogP contribution is 2.24. The van der Waals surface area contributed by atoms with Gasteiger partial charge in [-0.1, -0.05) is 43.0 Å². The van der Waals surface area contributed by atoms with Crippen molar-refractivity contribution in [2.45, 2.75) is 26.9 Å². The summed E-state index contributed by atoms with van der Waals surface area (Å²) in [4.78, 5) is 2.35. The van der Waals surface area contributed by atoms with E-state index in [1.807, 2.05) is 0 Å². The summed E-state index contributed by atoms with van der Waals surface area (Å²) in [5.74, 6) is 0. The molecule has 24 heavy (non-hydrogen) atoms. The topological polar surface area (TPSA) is 12.5 Å². The number of anilines is 1. The van der Waals surface area contributed by atoms with Crippen molar-refractivity contribution in [1.82, 2.24) is 0 Å². The quantitative estimate of drug-likeness (QED) is 0.681. The molecule has 2 aromatic carbocycles. The van der Waals surface area contributed by atoms with E-state index in [2.05, 4.69) is 87.0 Å². The fraction of sp³-hybridized carbons (Fsp3) is 0.333. The zero-order valence-electron chi connectivity index (χ0n) is 15.6. The number of benzene rings is 2. The fourth-order valence-corrected chi connectivity index (χ4v) is 4.02. The van der Waals surface area contributed by atoms with Crippen molar-refractivity contribution in [2.24, 2.45) is 0 Å². The van der Waals surface area contributed by atoms with Crippen LogP contribution < -0.4 is 10.1 Å². The average Bonchev–Trinajstić information content (AvgIpc) is 2.63. The third-order valence-corrected chi connectivity index (χ3v) is 7.53. The Morgan fingerprint density at radius 3 is 1.79 bits per heavy atom. The van der Waals surface area contributed by atoms with Crippen molar-refractivity contribution in [1.29, 1.82) is 0 Å². The number of nitrogens with zero attached hydrogens (tertiary/aromatic N) is 1. The largest absolute Gasteiger partial charge is 0.416 e. The van der Waals surface area contributed by atoms with Crippen molar-refractivity contribution in [3.63, 3.8) is 0 Å². The molecule has 0 heterocycles. The SMILES string of the molecule is C=C(c1ccc(N(CC)CC)cc1)c1ccc([Si](C)(C)OC)cc1. The van der Waals surface area contributed by atoms with Crippen LogP contribution in [0.5, 0.6) is 0 Å². The normalized spacial score (nSPS) is 11.4. The van der Waals surface area contributed by atoms with Gasteiger partial charge in [-0.2, -0.15) is 0 Å². The zero-order chi connectivity index (χ0) is 17.7. The second-order valence-electron chi connectivity index (χ2n) is 6.49. The van der Waals surface area contributed by atoms with Crippen LogP contribution >= 0.6 is 0 Å². The lowest BCUT2D eigenvalue weighted by molar-refractivity contribution is 0.416. The molecule has 0 bridgehead atoms. The molecule has 0 aliphatic heterocycles. The molecule has 0 atom stereocenters. The maximum Gasteiger partial charge on any atom is 0.217 e. The molecule has 0 unspecified atom stereocenters. The molecule has 0 aliphatic rings. The monoisotopic (exact) mass is 339 g/mol. The average molecular weight is 340 g/mol. The second-order valence-corrected chi connectivity index (χ2v) is 10.5. The molecular formula is C21H29NOSi. The van der Waals surface area contributed by atoms with Crippen LogP contribution in [0.1, 0.15) is 25.0 Å². The van der Waals surface area contributed by atoms with E-state index in [0.29, 0.717) is 0 Å². The Morgan fingerprint density at radius 2 is 1.38 bits per heavy atom. The molecule has 0 radical (unpaired) electrons. The highest BCUT2D eigenvalue weighted by molar-refractivity contribution is 6.84. The highest BCUT2D eigenvalue weighted by atomic mass is 28.4. The van der Waals surface area contributed by atoms with Crippen LogP contribution in [0.15, 0.2) is 55.1 Å². The molecule has 0 aliphatic carbocycles. The summed E-state index contributed by atoms with van der Waals surface area (Å²) in [7, 11) is 0.0480. The van der Waals surface area contributed by atoms with Crippen LogP contribution in [-0.2, 0) is 4.43 Å². The molecule has 0 spiro atoms. The summed E-state index contributed by atoms with van der Waals surface area (Å²) in [5, 5.41) is 1.30. The summed E-state index contributed by atoms with van der Waals surface area (Å²) in [6, 6.07) is 17.4. The predicted octanol–water partition coefficient (Wildman–Crippen LogP) is 4.65. The maximum absolute atomic E-state index is 5.68. The molecule has 128 valence electrons. The second kappa shape index (κ2) is 7.82. The molecule has 2 nitrogen and oxygen atoms in total. The minimum absolute atomic E-state index is 1.03. The summed E-state index contributed by atoms with van der Waals surface area (Å²) < 4.78 is 5.68. The van der Waals surface area contributed by atoms with Gasteiger partial charge in [-0.25, -0.2) is 0 Å². The standard InChI is InChI=1S/C21H29NOSi/c1-7-22(8-2)20-13-9-18(10-14-20)17(3)19-11-15-21(16-12-19)24(5,6)23-4/h9-16H,3,7-8H2,1-2,4-6H3. The Hall–Kier alpha value is -1.84. The Balaban J connectivity index is 2.20. The van der Waals surface area contributed by atoms with Gasteiger partial charge in [0.2, 0.25) is 8.32 Å². The number of hydrogen-bond acceptors (Lipinski definition) is 2. The first kappa shape index (κ1) is 18.5. The van der Waals surface area contributed by atoms with Crippen molar-refractivity contribution in [2.75, 3.05) is 25.1 Å². The third kappa shape index (κ3) is 3.97. The van der Waals surface area contributed by atoms with Crippen LogP contribution in [0.4, 0.5) is 5.69 Å². The Kier molecular flexibility index (Phi) is 6.03. The van der Waals surface area contributed by atoms with Crippen molar-refractivity contribution >= 4 is 24.8 Å². The smallest absolute Gasteiger partial charge is 0.217 e. The van der Waals surface area contributed by atoms with E-state index in [1.165, 1.54) is 16.4 Å². The van der Waals surface area contributed by atoms with Gasteiger partial charge < -0.3 is 9.33 Å². The lowest BCUT2D eigenvalue weighted by atomic mass is 9.99. The van der Waals surface area contributed by atoms with Gasteiger partial charge in [-0.3, -0.25) is 0 Å². The molecule has 0 fully saturated rings. The van der Waals surface area contributed by atoms with Gasteiger partial charge in [0.25, 0.3) is 0 Å². The summed E-state index contributed by atoms with van der Waals surface area (Å²) in [5.41, 5.74) is 4.65. The van der Waals surface area contributed by atoms with Crippen LogP contribution in [-0.4, -0.2) is 28.5 Å². The first-order valence-electron chi connectivity index (χ1n) is 8.63. The Morgan fingerprint density at radius 1 is 0.917 bits per heavy atom. The third-order valence-electron chi connectivity index (χ3n) is 4.78. The number of rotatable bonds is 7.